The summed E-state index contributed by atoms with van der Waals surface area (Å²) in [6.07, 6.45) is 0. The molecule has 2 heteroatoms. The van der Waals surface area contributed by atoms with Crippen LogP contribution in [0.3, 0.4) is 0 Å². The van der Waals surface area contributed by atoms with Crippen molar-refractivity contribution in [2.45, 2.75) is 19.3 Å². The molecule has 0 atom stereocenters. The number of fused-ring (bicyclic) bond motifs is 7. The van der Waals surface area contributed by atoms with Crippen molar-refractivity contribution in [3.63, 3.8) is 0 Å². The molecule has 1 heterocycles. The zero-order valence-corrected chi connectivity index (χ0v) is 14.6. The van der Waals surface area contributed by atoms with Gasteiger partial charge in [-0.3, -0.25) is 0 Å². The molecule has 0 bridgehead atoms. The van der Waals surface area contributed by atoms with Crippen LogP contribution in [0.25, 0.3) is 31.3 Å². The number of thiophene rings is 1. The number of halogens is 1. The molecule has 112 valence electrons. The van der Waals surface area contributed by atoms with E-state index < -0.39 is 0 Å². The summed E-state index contributed by atoms with van der Waals surface area (Å²) in [6.45, 7) is 4.60. The zero-order valence-electron chi connectivity index (χ0n) is 13.0. The Morgan fingerprint density at radius 1 is 0.870 bits per heavy atom. The fourth-order valence-corrected chi connectivity index (χ4v) is 5.41. The van der Waals surface area contributed by atoms with Crippen molar-refractivity contribution in [3.05, 3.63) is 70.7 Å². The monoisotopic (exact) mass is 334 g/mol. The molecule has 3 aromatic carbocycles. The molecule has 5 rings (SSSR count). The average molecular weight is 335 g/mol. The average Bonchev–Trinajstić information content (AvgIpc) is 3.02. The lowest BCUT2D eigenvalue weighted by Gasteiger charge is -2.21. The molecule has 4 aromatic rings. The molecule has 0 amide bonds. The smallest absolute Gasteiger partial charge is 0.0437 e. The highest BCUT2D eigenvalue weighted by atomic mass is 35.5. The SMILES string of the molecule is CC1(C)c2cc(Cl)ccc2-c2c1ccc1c2sc2ccccc21. The van der Waals surface area contributed by atoms with Crippen LogP contribution in [0.15, 0.2) is 54.6 Å². The zero-order chi connectivity index (χ0) is 15.8. The molecule has 0 nitrogen and oxygen atoms in total. The van der Waals surface area contributed by atoms with Gasteiger partial charge in [0, 0.05) is 36.2 Å². The van der Waals surface area contributed by atoms with E-state index in [1.807, 2.05) is 17.4 Å². The molecule has 0 saturated carbocycles. The van der Waals surface area contributed by atoms with Crippen LogP contribution in [0.4, 0.5) is 0 Å². The molecular formula is C21H15ClS. The predicted octanol–water partition coefficient (Wildman–Crippen LogP) is 7.01. The Morgan fingerprint density at radius 3 is 2.57 bits per heavy atom. The van der Waals surface area contributed by atoms with Crippen molar-refractivity contribution in [2.24, 2.45) is 0 Å². The quantitative estimate of drug-likeness (QED) is 0.324. The van der Waals surface area contributed by atoms with Gasteiger partial charge < -0.3 is 0 Å². The van der Waals surface area contributed by atoms with Gasteiger partial charge in [0.2, 0.25) is 0 Å². The first-order valence-corrected chi connectivity index (χ1v) is 9.02. The third-order valence-electron chi connectivity index (χ3n) is 5.14. The molecule has 0 saturated heterocycles. The Morgan fingerprint density at radius 2 is 1.70 bits per heavy atom. The van der Waals surface area contributed by atoms with E-state index in [0.29, 0.717) is 0 Å². The first-order chi connectivity index (χ1) is 11.1. The minimum Gasteiger partial charge on any atom is -0.135 e. The summed E-state index contributed by atoms with van der Waals surface area (Å²) in [4.78, 5) is 0. The summed E-state index contributed by atoms with van der Waals surface area (Å²) in [6, 6.07) is 19.6. The summed E-state index contributed by atoms with van der Waals surface area (Å²) in [7, 11) is 0. The molecule has 0 aliphatic heterocycles. The van der Waals surface area contributed by atoms with E-state index in [1.54, 1.807) is 0 Å². The lowest BCUT2D eigenvalue weighted by Crippen LogP contribution is -2.14. The highest BCUT2D eigenvalue weighted by Gasteiger charge is 2.37. The Balaban J connectivity index is 1.99. The van der Waals surface area contributed by atoms with E-state index in [0.717, 1.165) is 5.02 Å². The molecule has 23 heavy (non-hydrogen) atoms. The third-order valence-corrected chi connectivity index (χ3v) is 6.58. The normalized spacial score (nSPS) is 15.1. The van der Waals surface area contributed by atoms with Crippen LogP contribution in [-0.4, -0.2) is 0 Å². The number of rotatable bonds is 0. The van der Waals surface area contributed by atoms with Gasteiger partial charge in [0.15, 0.2) is 0 Å². The molecule has 0 spiro atoms. The summed E-state index contributed by atoms with van der Waals surface area (Å²) in [5.74, 6) is 0. The van der Waals surface area contributed by atoms with E-state index in [-0.39, 0.29) is 5.41 Å². The van der Waals surface area contributed by atoms with E-state index >= 15 is 0 Å². The maximum absolute atomic E-state index is 6.28. The van der Waals surface area contributed by atoms with Crippen molar-refractivity contribution in [1.29, 1.82) is 0 Å². The first-order valence-electron chi connectivity index (χ1n) is 7.82. The van der Waals surface area contributed by atoms with E-state index in [1.165, 1.54) is 42.4 Å². The fourth-order valence-electron chi connectivity index (χ4n) is 3.97. The van der Waals surface area contributed by atoms with Crippen LogP contribution in [0.2, 0.25) is 5.02 Å². The second kappa shape index (κ2) is 4.37. The van der Waals surface area contributed by atoms with E-state index in [2.05, 4.69) is 62.4 Å². The summed E-state index contributed by atoms with van der Waals surface area (Å²) in [5, 5.41) is 3.54. The van der Waals surface area contributed by atoms with Crippen LogP contribution in [-0.2, 0) is 5.41 Å². The minimum absolute atomic E-state index is 0.0000683. The molecule has 0 unspecified atom stereocenters. The fraction of sp³-hybridized carbons (Fsp3) is 0.143. The second-order valence-corrected chi connectivity index (χ2v) is 8.27. The first kappa shape index (κ1) is 13.6. The van der Waals surface area contributed by atoms with Crippen molar-refractivity contribution in [1.82, 2.24) is 0 Å². The standard InChI is InChI=1S/C21H15ClS/c1-21(2)16-10-9-14-13-5-3-4-6-18(13)23-20(14)19(16)15-8-7-12(22)11-17(15)21/h3-11H,1-2H3. The number of benzene rings is 3. The van der Waals surface area contributed by atoms with Crippen molar-refractivity contribution < 1.29 is 0 Å². The summed E-state index contributed by atoms with van der Waals surface area (Å²) in [5.41, 5.74) is 5.49. The largest absolute Gasteiger partial charge is 0.135 e. The lowest BCUT2D eigenvalue weighted by molar-refractivity contribution is 0.661. The molecule has 1 aliphatic rings. The topological polar surface area (TPSA) is 0 Å². The van der Waals surface area contributed by atoms with Crippen molar-refractivity contribution in [3.8, 4) is 11.1 Å². The van der Waals surface area contributed by atoms with Crippen LogP contribution < -0.4 is 0 Å². The Kier molecular flexibility index (Phi) is 2.58. The molecule has 1 aliphatic carbocycles. The van der Waals surface area contributed by atoms with Gasteiger partial charge in [0.25, 0.3) is 0 Å². The van der Waals surface area contributed by atoms with Gasteiger partial charge in [-0.25, -0.2) is 0 Å². The second-order valence-electron chi connectivity index (χ2n) is 6.78. The lowest BCUT2D eigenvalue weighted by atomic mass is 9.82. The van der Waals surface area contributed by atoms with Gasteiger partial charge in [-0.15, -0.1) is 11.3 Å². The highest BCUT2D eigenvalue weighted by molar-refractivity contribution is 7.26. The van der Waals surface area contributed by atoms with Crippen LogP contribution in [0, 0.1) is 0 Å². The molecule has 1 aromatic heterocycles. The van der Waals surface area contributed by atoms with Gasteiger partial charge in [0.05, 0.1) is 0 Å². The van der Waals surface area contributed by atoms with Crippen LogP contribution in [0.5, 0.6) is 0 Å². The maximum Gasteiger partial charge on any atom is 0.0437 e. The third kappa shape index (κ3) is 1.67. The maximum atomic E-state index is 6.28. The van der Waals surface area contributed by atoms with E-state index in [4.69, 9.17) is 11.6 Å². The number of hydrogen-bond acceptors (Lipinski definition) is 1. The van der Waals surface area contributed by atoms with Gasteiger partial charge in [-0.2, -0.15) is 0 Å². The van der Waals surface area contributed by atoms with Crippen LogP contribution >= 0.6 is 22.9 Å². The predicted molar refractivity (Wildman–Crippen MR) is 102 cm³/mol. The Bertz CT molecular complexity index is 1100. The molecule has 0 radical (unpaired) electrons. The molecule has 0 N–H and O–H groups in total. The van der Waals surface area contributed by atoms with E-state index in [9.17, 15) is 0 Å². The number of hydrogen-bond donors (Lipinski definition) is 0. The van der Waals surface area contributed by atoms with Gasteiger partial charge >= 0.3 is 0 Å². The van der Waals surface area contributed by atoms with Gasteiger partial charge in [-0.05, 0) is 34.9 Å². The van der Waals surface area contributed by atoms with Crippen LogP contribution in [0.1, 0.15) is 25.0 Å². The molecule has 0 fully saturated rings. The van der Waals surface area contributed by atoms with Crippen molar-refractivity contribution in [2.75, 3.05) is 0 Å². The highest BCUT2D eigenvalue weighted by Crippen LogP contribution is 2.54. The van der Waals surface area contributed by atoms with Gasteiger partial charge in [-0.1, -0.05) is 61.8 Å². The van der Waals surface area contributed by atoms with Crippen molar-refractivity contribution >= 4 is 43.1 Å². The summed E-state index contributed by atoms with van der Waals surface area (Å²) >= 11 is 8.18. The Labute approximate surface area is 144 Å². The molecular weight excluding hydrogens is 320 g/mol. The minimum atomic E-state index is -0.0000683. The summed E-state index contributed by atoms with van der Waals surface area (Å²) < 4.78 is 2.76. The Hall–Kier alpha value is -1.83. The van der Waals surface area contributed by atoms with Gasteiger partial charge in [0.1, 0.15) is 0 Å².